The molecule has 2 rings (SSSR count). The van der Waals surface area contributed by atoms with Crippen molar-refractivity contribution in [2.75, 3.05) is 33.3 Å². The zero-order valence-electron chi connectivity index (χ0n) is 16.8. The highest BCUT2D eigenvalue weighted by Crippen LogP contribution is 2.24. The van der Waals surface area contributed by atoms with E-state index in [4.69, 9.17) is 4.74 Å². The first kappa shape index (κ1) is 21.4. The van der Waals surface area contributed by atoms with Gasteiger partial charge in [-0.25, -0.2) is 0 Å². The van der Waals surface area contributed by atoms with E-state index in [1.165, 1.54) is 0 Å². The molecule has 6 heteroatoms. The third-order valence-electron chi connectivity index (χ3n) is 4.44. The van der Waals surface area contributed by atoms with Gasteiger partial charge in [-0.1, -0.05) is 49.4 Å². The van der Waals surface area contributed by atoms with E-state index >= 15 is 0 Å². The molecule has 6 nitrogen and oxygen atoms in total. The van der Waals surface area contributed by atoms with E-state index in [1.807, 2.05) is 73.3 Å². The molecule has 2 N–H and O–H groups in total. The molecular weight excluding hydrogens is 354 g/mol. The van der Waals surface area contributed by atoms with Crippen molar-refractivity contribution < 1.29 is 14.3 Å². The van der Waals surface area contributed by atoms with Crippen LogP contribution in [-0.2, 0) is 9.59 Å². The van der Waals surface area contributed by atoms with Gasteiger partial charge in [-0.05, 0) is 36.7 Å². The number of carbonyl (C=O) groups excluding carboxylic acids is 2. The van der Waals surface area contributed by atoms with E-state index in [9.17, 15) is 9.59 Å². The minimum atomic E-state index is -0.275. The van der Waals surface area contributed by atoms with E-state index in [-0.39, 0.29) is 30.9 Å². The predicted molar refractivity (Wildman–Crippen MR) is 110 cm³/mol. The van der Waals surface area contributed by atoms with Crippen LogP contribution in [0.25, 0.3) is 0 Å². The highest BCUT2D eigenvalue weighted by molar-refractivity contribution is 5.81. The van der Waals surface area contributed by atoms with Crippen LogP contribution in [0.2, 0.25) is 0 Å². The number of nitrogens with one attached hydrogen (secondary N) is 2. The molecule has 2 amide bonds. The average molecular weight is 383 g/mol. The monoisotopic (exact) mass is 383 g/mol. The van der Waals surface area contributed by atoms with Crippen molar-refractivity contribution in [2.24, 2.45) is 0 Å². The number of carbonyl (C=O) groups is 2. The van der Waals surface area contributed by atoms with Gasteiger partial charge in [0.2, 0.25) is 11.8 Å². The Morgan fingerprint density at radius 2 is 1.54 bits per heavy atom. The maximum absolute atomic E-state index is 12.7. The molecule has 0 saturated heterocycles. The van der Waals surface area contributed by atoms with E-state index in [0.29, 0.717) is 13.1 Å². The number of hydrogen-bond donors (Lipinski definition) is 2. The third kappa shape index (κ3) is 6.39. The Balaban J connectivity index is 2.13. The molecule has 0 aliphatic rings. The first-order valence-electron chi connectivity index (χ1n) is 9.54. The number of amides is 2. The van der Waals surface area contributed by atoms with Crippen molar-refractivity contribution in [1.82, 2.24) is 15.5 Å². The fourth-order valence-corrected chi connectivity index (χ4v) is 2.95. The number of ether oxygens (including phenoxy) is 1. The molecule has 0 fully saturated rings. The fraction of sp³-hybridized carbons (Fsp3) is 0.364. The van der Waals surface area contributed by atoms with Crippen molar-refractivity contribution in [1.29, 1.82) is 0 Å². The summed E-state index contributed by atoms with van der Waals surface area (Å²) in [5, 5.41) is 5.87. The summed E-state index contributed by atoms with van der Waals surface area (Å²) >= 11 is 0. The molecule has 0 spiro atoms. The van der Waals surface area contributed by atoms with Gasteiger partial charge in [0.1, 0.15) is 5.75 Å². The van der Waals surface area contributed by atoms with Crippen LogP contribution in [0.4, 0.5) is 0 Å². The molecule has 0 bridgehead atoms. The average Bonchev–Trinajstić information content (AvgIpc) is 2.72. The lowest BCUT2D eigenvalue weighted by Crippen LogP contribution is -2.43. The van der Waals surface area contributed by atoms with Gasteiger partial charge in [-0.2, -0.15) is 0 Å². The minimum absolute atomic E-state index is 0.0769. The summed E-state index contributed by atoms with van der Waals surface area (Å²) in [6.45, 7) is 5.37. The number of methoxy groups -OCH3 is 1. The minimum Gasteiger partial charge on any atom is -0.497 e. The van der Waals surface area contributed by atoms with Crippen LogP contribution in [-0.4, -0.2) is 50.0 Å². The normalized spacial score (nSPS) is 11.7. The van der Waals surface area contributed by atoms with Gasteiger partial charge in [-0.15, -0.1) is 0 Å². The van der Waals surface area contributed by atoms with Gasteiger partial charge < -0.3 is 15.4 Å². The van der Waals surface area contributed by atoms with Crippen molar-refractivity contribution in [3.05, 3.63) is 65.7 Å². The number of hydrogen-bond acceptors (Lipinski definition) is 4. The van der Waals surface area contributed by atoms with E-state index in [0.717, 1.165) is 16.9 Å². The molecule has 0 saturated carbocycles. The zero-order valence-corrected chi connectivity index (χ0v) is 16.8. The summed E-state index contributed by atoms with van der Waals surface area (Å²) < 4.78 is 5.23. The van der Waals surface area contributed by atoms with Crippen molar-refractivity contribution in [3.8, 4) is 5.75 Å². The van der Waals surface area contributed by atoms with Gasteiger partial charge in [-0.3, -0.25) is 14.5 Å². The van der Waals surface area contributed by atoms with Crippen molar-refractivity contribution in [3.63, 3.8) is 0 Å². The molecule has 2 aromatic carbocycles. The Bertz CT molecular complexity index is 747. The largest absolute Gasteiger partial charge is 0.497 e. The second-order valence-electron chi connectivity index (χ2n) is 6.44. The number of benzene rings is 2. The maximum atomic E-state index is 12.7. The maximum Gasteiger partial charge on any atom is 0.234 e. The Morgan fingerprint density at radius 3 is 2.11 bits per heavy atom. The Hall–Kier alpha value is -2.86. The van der Waals surface area contributed by atoms with Crippen LogP contribution in [0.3, 0.4) is 0 Å². The topological polar surface area (TPSA) is 70.7 Å². The van der Waals surface area contributed by atoms with Crippen molar-refractivity contribution in [2.45, 2.75) is 19.9 Å². The lowest BCUT2D eigenvalue weighted by molar-refractivity contribution is -0.125. The second-order valence-corrected chi connectivity index (χ2v) is 6.44. The smallest absolute Gasteiger partial charge is 0.234 e. The summed E-state index contributed by atoms with van der Waals surface area (Å²) in [6.07, 6.45) is 0. The van der Waals surface area contributed by atoms with E-state index in [1.54, 1.807) is 7.11 Å². The number of nitrogens with zero attached hydrogens (tertiary/aromatic N) is 1. The molecule has 0 aromatic heterocycles. The highest BCUT2D eigenvalue weighted by Gasteiger charge is 2.19. The standard InChI is InChI=1S/C22H29N3O3/c1-4-23-20(26)15-25(5-2)16-21(27)24-22(17-9-7-6-8-10-17)18-11-13-19(28-3)14-12-18/h6-14,22H,4-5,15-16H2,1-3H3,(H,23,26)(H,24,27)/t22-/m0/s1. The molecule has 0 aliphatic heterocycles. The predicted octanol–water partition coefficient (Wildman–Crippen LogP) is 2.36. The van der Waals surface area contributed by atoms with Gasteiger partial charge in [0, 0.05) is 6.54 Å². The molecule has 150 valence electrons. The Kier molecular flexibility index (Phi) is 8.49. The SMILES string of the molecule is CCNC(=O)CN(CC)CC(=O)N[C@@H](c1ccccc1)c1ccc(OC)cc1. The van der Waals surface area contributed by atoms with Crippen LogP contribution in [0.15, 0.2) is 54.6 Å². The first-order chi connectivity index (χ1) is 13.6. The number of rotatable bonds is 10. The van der Waals surface area contributed by atoms with E-state index in [2.05, 4.69) is 10.6 Å². The summed E-state index contributed by atoms with van der Waals surface area (Å²) in [6, 6.07) is 17.2. The molecular formula is C22H29N3O3. The first-order valence-corrected chi connectivity index (χ1v) is 9.54. The van der Waals surface area contributed by atoms with Crippen molar-refractivity contribution >= 4 is 11.8 Å². The summed E-state index contributed by atoms with van der Waals surface area (Å²) in [5.74, 6) is 0.559. The molecule has 0 heterocycles. The zero-order chi connectivity index (χ0) is 20.4. The molecule has 0 aliphatic carbocycles. The lowest BCUT2D eigenvalue weighted by Gasteiger charge is -2.23. The summed E-state index contributed by atoms with van der Waals surface area (Å²) in [4.78, 5) is 26.4. The molecule has 1 atom stereocenters. The van der Waals surface area contributed by atoms with Gasteiger partial charge in [0.05, 0.1) is 26.2 Å². The molecule has 0 unspecified atom stereocenters. The van der Waals surface area contributed by atoms with Crippen LogP contribution < -0.4 is 15.4 Å². The summed E-state index contributed by atoms with van der Waals surface area (Å²) in [7, 11) is 1.62. The Labute approximate surface area is 166 Å². The van der Waals surface area contributed by atoms with Gasteiger partial charge >= 0.3 is 0 Å². The molecule has 0 radical (unpaired) electrons. The molecule has 2 aromatic rings. The van der Waals surface area contributed by atoms with Gasteiger partial charge in [0.15, 0.2) is 0 Å². The second kappa shape index (κ2) is 11.1. The van der Waals surface area contributed by atoms with Gasteiger partial charge in [0.25, 0.3) is 0 Å². The Morgan fingerprint density at radius 1 is 0.929 bits per heavy atom. The fourth-order valence-electron chi connectivity index (χ4n) is 2.95. The lowest BCUT2D eigenvalue weighted by atomic mass is 9.98. The van der Waals surface area contributed by atoms with E-state index < -0.39 is 0 Å². The quantitative estimate of drug-likeness (QED) is 0.661. The number of likely N-dealkylation sites (N-methyl/N-ethyl adjacent to an activating group) is 2. The molecule has 28 heavy (non-hydrogen) atoms. The third-order valence-corrected chi connectivity index (χ3v) is 4.44. The highest BCUT2D eigenvalue weighted by atomic mass is 16.5. The van der Waals surface area contributed by atoms with Crippen LogP contribution in [0.5, 0.6) is 5.75 Å². The van der Waals surface area contributed by atoms with Crippen LogP contribution in [0, 0.1) is 0 Å². The van der Waals surface area contributed by atoms with Crippen LogP contribution in [0.1, 0.15) is 31.0 Å². The van der Waals surface area contributed by atoms with Crippen LogP contribution >= 0.6 is 0 Å². The summed E-state index contributed by atoms with van der Waals surface area (Å²) in [5.41, 5.74) is 1.96.